The fourth-order valence-corrected chi connectivity index (χ4v) is 1.93. The van der Waals surface area contributed by atoms with Crippen LogP contribution in [0.5, 0.6) is 0 Å². The van der Waals surface area contributed by atoms with Crippen LogP contribution in [0.25, 0.3) is 0 Å². The van der Waals surface area contributed by atoms with E-state index in [1.807, 2.05) is 14.0 Å². The molecule has 1 rings (SSSR count). The fourth-order valence-electron chi connectivity index (χ4n) is 1.93. The second-order valence-electron chi connectivity index (χ2n) is 4.26. The SMILES string of the molecule is CCC(CCc1ccc([N+](=O)[O-])cc1[N+](=O)[O-])NC. The second kappa shape index (κ2) is 6.79. The molecule has 0 spiro atoms. The molecular weight excluding hydrogens is 250 g/mol. The first-order valence-electron chi connectivity index (χ1n) is 6.08. The highest BCUT2D eigenvalue weighted by Gasteiger charge is 2.19. The van der Waals surface area contributed by atoms with Gasteiger partial charge < -0.3 is 5.32 Å². The Labute approximate surface area is 110 Å². The molecule has 1 aromatic rings. The minimum atomic E-state index is -0.626. The van der Waals surface area contributed by atoms with E-state index in [2.05, 4.69) is 5.32 Å². The number of rotatable bonds is 7. The quantitative estimate of drug-likeness (QED) is 0.604. The average molecular weight is 267 g/mol. The van der Waals surface area contributed by atoms with Crippen LogP contribution < -0.4 is 5.32 Å². The van der Waals surface area contributed by atoms with E-state index in [-0.39, 0.29) is 17.4 Å². The molecule has 0 aliphatic heterocycles. The largest absolute Gasteiger partial charge is 0.317 e. The van der Waals surface area contributed by atoms with Crippen LogP contribution in [0.15, 0.2) is 18.2 Å². The Morgan fingerprint density at radius 2 is 1.95 bits per heavy atom. The Balaban J connectivity index is 2.94. The number of nitrogens with zero attached hydrogens (tertiary/aromatic N) is 2. The van der Waals surface area contributed by atoms with E-state index in [0.717, 1.165) is 18.9 Å². The van der Waals surface area contributed by atoms with E-state index in [1.54, 1.807) is 0 Å². The molecule has 0 amide bonds. The topological polar surface area (TPSA) is 98.3 Å². The molecule has 0 bridgehead atoms. The summed E-state index contributed by atoms with van der Waals surface area (Å²) in [5, 5.41) is 24.7. The molecule has 0 saturated carbocycles. The van der Waals surface area contributed by atoms with Crippen molar-refractivity contribution in [3.63, 3.8) is 0 Å². The summed E-state index contributed by atoms with van der Waals surface area (Å²) < 4.78 is 0. The number of non-ortho nitro benzene ring substituents is 1. The van der Waals surface area contributed by atoms with Gasteiger partial charge in [0.1, 0.15) is 0 Å². The third-order valence-corrected chi connectivity index (χ3v) is 3.14. The fraction of sp³-hybridized carbons (Fsp3) is 0.500. The zero-order valence-electron chi connectivity index (χ0n) is 11.0. The first-order chi connectivity index (χ1) is 8.99. The standard InChI is InChI=1S/C12H17N3O4/c1-3-10(13-2)6-4-9-5-7-11(14(16)17)8-12(9)15(18)19/h5,7-8,10,13H,3-4,6H2,1-2H3. The van der Waals surface area contributed by atoms with Gasteiger partial charge in [-0.25, -0.2) is 0 Å². The van der Waals surface area contributed by atoms with Gasteiger partial charge in [-0.1, -0.05) is 6.92 Å². The summed E-state index contributed by atoms with van der Waals surface area (Å²) in [6, 6.07) is 4.09. The summed E-state index contributed by atoms with van der Waals surface area (Å²) in [4.78, 5) is 20.4. The van der Waals surface area contributed by atoms with Gasteiger partial charge in [0.25, 0.3) is 11.4 Å². The van der Waals surface area contributed by atoms with Gasteiger partial charge in [0.05, 0.1) is 15.9 Å². The van der Waals surface area contributed by atoms with E-state index in [9.17, 15) is 20.2 Å². The van der Waals surface area contributed by atoms with Crippen LogP contribution in [-0.2, 0) is 6.42 Å². The number of hydrogen-bond acceptors (Lipinski definition) is 5. The summed E-state index contributed by atoms with van der Waals surface area (Å²) in [7, 11) is 1.85. The van der Waals surface area contributed by atoms with Crippen molar-refractivity contribution in [2.75, 3.05) is 7.05 Å². The predicted octanol–water partition coefficient (Wildman–Crippen LogP) is 2.43. The number of hydrogen-bond donors (Lipinski definition) is 1. The molecule has 7 nitrogen and oxygen atoms in total. The van der Waals surface area contributed by atoms with Crippen LogP contribution in [0.4, 0.5) is 11.4 Å². The third-order valence-electron chi connectivity index (χ3n) is 3.14. The van der Waals surface area contributed by atoms with E-state index in [4.69, 9.17) is 0 Å². The highest BCUT2D eigenvalue weighted by Crippen LogP contribution is 2.26. The minimum Gasteiger partial charge on any atom is -0.317 e. The first kappa shape index (κ1) is 15.0. The minimum absolute atomic E-state index is 0.180. The summed E-state index contributed by atoms with van der Waals surface area (Å²) in [5.74, 6) is 0. The molecule has 0 aromatic heterocycles. The van der Waals surface area contributed by atoms with Gasteiger partial charge in [0, 0.05) is 17.7 Å². The summed E-state index contributed by atoms with van der Waals surface area (Å²) in [5.41, 5.74) is 0.0977. The summed E-state index contributed by atoms with van der Waals surface area (Å²) in [6.45, 7) is 2.03. The van der Waals surface area contributed by atoms with Crippen LogP contribution in [0.2, 0.25) is 0 Å². The molecule has 0 fully saturated rings. The Morgan fingerprint density at radius 3 is 2.42 bits per heavy atom. The molecule has 0 radical (unpaired) electrons. The lowest BCUT2D eigenvalue weighted by Gasteiger charge is -2.13. The van der Waals surface area contributed by atoms with Crippen LogP contribution in [0.3, 0.4) is 0 Å². The lowest BCUT2D eigenvalue weighted by Crippen LogP contribution is -2.24. The third kappa shape index (κ3) is 3.99. The van der Waals surface area contributed by atoms with Gasteiger partial charge in [0.15, 0.2) is 0 Å². The molecule has 19 heavy (non-hydrogen) atoms. The monoisotopic (exact) mass is 267 g/mol. The summed E-state index contributed by atoms with van der Waals surface area (Å²) >= 11 is 0. The number of aryl methyl sites for hydroxylation is 1. The molecule has 104 valence electrons. The highest BCUT2D eigenvalue weighted by atomic mass is 16.6. The Kier molecular flexibility index (Phi) is 5.37. The van der Waals surface area contributed by atoms with Gasteiger partial charge in [0.2, 0.25) is 0 Å². The smallest absolute Gasteiger partial charge is 0.279 e. The number of benzene rings is 1. The molecule has 0 heterocycles. The molecule has 1 aromatic carbocycles. The van der Waals surface area contributed by atoms with Crippen molar-refractivity contribution in [1.29, 1.82) is 0 Å². The van der Waals surface area contributed by atoms with Crippen molar-refractivity contribution in [2.45, 2.75) is 32.2 Å². The Hall–Kier alpha value is -2.02. The van der Waals surface area contributed by atoms with Gasteiger partial charge in [-0.15, -0.1) is 0 Å². The lowest BCUT2D eigenvalue weighted by atomic mass is 10.0. The predicted molar refractivity (Wildman–Crippen MR) is 71.2 cm³/mol. The van der Waals surface area contributed by atoms with Crippen molar-refractivity contribution in [3.05, 3.63) is 44.0 Å². The zero-order valence-corrected chi connectivity index (χ0v) is 11.0. The maximum absolute atomic E-state index is 10.9. The maximum atomic E-state index is 10.9. The van der Waals surface area contributed by atoms with Crippen molar-refractivity contribution in [2.24, 2.45) is 0 Å². The van der Waals surface area contributed by atoms with E-state index < -0.39 is 9.85 Å². The maximum Gasteiger partial charge on any atom is 0.279 e. The molecule has 7 heteroatoms. The molecular formula is C12H17N3O4. The van der Waals surface area contributed by atoms with Gasteiger partial charge in [-0.3, -0.25) is 20.2 Å². The number of nitrogens with one attached hydrogen (secondary N) is 1. The zero-order chi connectivity index (χ0) is 14.4. The normalized spacial score (nSPS) is 12.1. The molecule has 0 aliphatic rings. The van der Waals surface area contributed by atoms with E-state index in [1.165, 1.54) is 12.1 Å². The van der Waals surface area contributed by atoms with E-state index >= 15 is 0 Å². The van der Waals surface area contributed by atoms with Crippen molar-refractivity contribution >= 4 is 11.4 Å². The Morgan fingerprint density at radius 1 is 1.26 bits per heavy atom. The first-order valence-corrected chi connectivity index (χ1v) is 6.08. The van der Waals surface area contributed by atoms with Crippen LogP contribution >= 0.6 is 0 Å². The van der Waals surface area contributed by atoms with Crippen molar-refractivity contribution < 1.29 is 9.85 Å². The molecule has 1 N–H and O–H groups in total. The highest BCUT2D eigenvalue weighted by molar-refractivity contribution is 5.49. The van der Waals surface area contributed by atoms with Crippen LogP contribution in [-0.4, -0.2) is 22.9 Å². The molecule has 0 aliphatic carbocycles. The summed E-state index contributed by atoms with van der Waals surface area (Å²) in [6.07, 6.45) is 2.20. The molecule has 1 atom stereocenters. The number of nitro groups is 2. The second-order valence-corrected chi connectivity index (χ2v) is 4.26. The average Bonchev–Trinajstić information content (AvgIpc) is 2.39. The van der Waals surface area contributed by atoms with Crippen LogP contribution in [0.1, 0.15) is 25.3 Å². The Bertz CT molecular complexity index is 472. The van der Waals surface area contributed by atoms with Crippen molar-refractivity contribution in [3.8, 4) is 0 Å². The van der Waals surface area contributed by atoms with Crippen LogP contribution in [0, 0.1) is 20.2 Å². The lowest BCUT2D eigenvalue weighted by molar-refractivity contribution is -0.394. The van der Waals surface area contributed by atoms with E-state index in [0.29, 0.717) is 12.0 Å². The van der Waals surface area contributed by atoms with Crippen molar-refractivity contribution in [1.82, 2.24) is 5.32 Å². The number of nitro benzene ring substituents is 2. The molecule has 1 unspecified atom stereocenters. The molecule has 0 saturated heterocycles. The van der Waals surface area contributed by atoms with Gasteiger partial charge in [-0.05, 0) is 32.4 Å². The van der Waals surface area contributed by atoms with Gasteiger partial charge >= 0.3 is 0 Å². The van der Waals surface area contributed by atoms with Gasteiger partial charge in [-0.2, -0.15) is 0 Å².